The molecule has 8 heteroatoms. The first-order chi connectivity index (χ1) is 14.4. The minimum absolute atomic E-state index is 0.0129. The molecule has 0 spiro atoms. The molecule has 1 aliphatic heterocycles. The van der Waals surface area contributed by atoms with Crippen LogP contribution in [0.3, 0.4) is 0 Å². The van der Waals surface area contributed by atoms with Crippen LogP contribution in [-0.4, -0.2) is 38.5 Å². The Kier molecular flexibility index (Phi) is 5.34. The molecule has 0 radical (unpaired) electrons. The standard InChI is InChI=1S/C22H20O7S/c1-2-27-22(24)19-17-12-16(28-21(23)15-10-11-30(25,26)13-15)8-9-18(17)29-20(19)14-6-4-3-5-7-14/h3-9,12,15H,2,10-11,13H2,1H3/t15-/m0/s1. The van der Waals surface area contributed by atoms with Crippen LogP contribution in [0.2, 0.25) is 0 Å². The van der Waals surface area contributed by atoms with Crippen molar-refractivity contribution >= 4 is 32.7 Å². The van der Waals surface area contributed by atoms with Crippen LogP contribution in [-0.2, 0) is 19.4 Å². The zero-order valence-electron chi connectivity index (χ0n) is 16.3. The minimum atomic E-state index is -3.20. The number of benzene rings is 2. The number of carbonyl (C=O) groups excluding carboxylic acids is 2. The van der Waals surface area contributed by atoms with E-state index >= 15 is 0 Å². The van der Waals surface area contributed by atoms with E-state index in [4.69, 9.17) is 13.9 Å². The van der Waals surface area contributed by atoms with Crippen LogP contribution in [0.15, 0.2) is 52.9 Å². The predicted molar refractivity (Wildman–Crippen MR) is 110 cm³/mol. The zero-order valence-corrected chi connectivity index (χ0v) is 17.1. The lowest BCUT2D eigenvalue weighted by atomic mass is 10.1. The lowest BCUT2D eigenvalue weighted by Gasteiger charge is -2.08. The van der Waals surface area contributed by atoms with Crippen LogP contribution >= 0.6 is 0 Å². The third kappa shape index (κ3) is 3.95. The second-order valence-corrected chi connectivity index (χ2v) is 9.30. The van der Waals surface area contributed by atoms with Gasteiger partial charge in [-0.2, -0.15) is 0 Å². The summed E-state index contributed by atoms with van der Waals surface area (Å²) in [5, 5.41) is 0.455. The van der Waals surface area contributed by atoms with Gasteiger partial charge in [-0.3, -0.25) is 4.79 Å². The van der Waals surface area contributed by atoms with E-state index in [2.05, 4.69) is 0 Å². The fourth-order valence-electron chi connectivity index (χ4n) is 3.52. The normalized spacial score (nSPS) is 17.7. The summed E-state index contributed by atoms with van der Waals surface area (Å²) in [7, 11) is -3.20. The molecule has 0 bridgehead atoms. The summed E-state index contributed by atoms with van der Waals surface area (Å²) in [4.78, 5) is 25.1. The first-order valence-electron chi connectivity index (χ1n) is 9.59. The molecule has 7 nitrogen and oxygen atoms in total. The van der Waals surface area contributed by atoms with Crippen molar-refractivity contribution in [3.05, 3.63) is 54.1 Å². The lowest BCUT2D eigenvalue weighted by Crippen LogP contribution is -2.21. The number of carbonyl (C=O) groups is 2. The van der Waals surface area contributed by atoms with Gasteiger partial charge in [-0.1, -0.05) is 30.3 Å². The number of sulfone groups is 1. The van der Waals surface area contributed by atoms with Crippen LogP contribution < -0.4 is 4.74 Å². The number of ether oxygens (including phenoxy) is 2. The van der Waals surface area contributed by atoms with Crippen LogP contribution in [0.5, 0.6) is 5.75 Å². The molecule has 30 heavy (non-hydrogen) atoms. The quantitative estimate of drug-likeness (QED) is 0.452. The lowest BCUT2D eigenvalue weighted by molar-refractivity contribution is -0.138. The second kappa shape index (κ2) is 7.95. The van der Waals surface area contributed by atoms with Gasteiger partial charge >= 0.3 is 11.9 Å². The van der Waals surface area contributed by atoms with E-state index in [1.165, 1.54) is 0 Å². The van der Waals surface area contributed by atoms with Crippen molar-refractivity contribution in [1.29, 1.82) is 0 Å². The first-order valence-corrected chi connectivity index (χ1v) is 11.4. The van der Waals surface area contributed by atoms with E-state index in [1.54, 1.807) is 25.1 Å². The predicted octanol–water partition coefficient (Wildman–Crippen LogP) is 3.62. The number of fused-ring (bicyclic) bond motifs is 1. The molecule has 1 aromatic heterocycles. The van der Waals surface area contributed by atoms with E-state index in [-0.39, 0.29) is 35.8 Å². The highest BCUT2D eigenvalue weighted by molar-refractivity contribution is 7.91. The molecule has 1 fully saturated rings. The Labute approximate surface area is 173 Å². The molecule has 1 atom stereocenters. The highest BCUT2D eigenvalue weighted by Crippen LogP contribution is 2.36. The van der Waals surface area contributed by atoms with Gasteiger partial charge in [0.15, 0.2) is 9.84 Å². The fourth-order valence-corrected chi connectivity index (χ4v) is 5.25. The topological polar surface area (TPSA) is 99.9 Å². The molecule has 1 aliphatic rings. The van der Waals surface area contributed by atoms with E-state index in [9.17, 15) is 18.0 Å². The molecule has 2 aromatic carbocycles. The summed E-state index contributed by atoms with van der Waals surface area (Å²) >= 11 is 0. The minimum Gasteiger partial charge on any atom is -0.462 e. The number of rotatable bonds is 5. The van der Waals surface area contributed by atoms with Gasteiger partial charge < -0.3 is 13.9 Å². The van der Waals surface area contributed by atoms with Crippen LogP contribution in [0.4, 0.5) is 0 Å². The van der Waals surface area contributed by atoms with Crippen molar-refractivity contribution < 1.29 is 31.9 Å². The molecule has 4 rings (SSSR count). The molecule has 3 aromatic rings. The Bertz CT molecular complexity index is 1210. The third-order valence-electron chi connectivity index (χ3n) is 4.96. The Balaban J connectivity index is 1.72. The number of hydrogen-bond donors (Lipinski definition) is 0. The first kappa shape index (κ1) is 20.2. The van der Waals surface area contributed by atoms with Crippen molar-refractivity contribution in [3.63, 3.8) is 0 Å². The maximum absolute atomic E-state index is 12.7. The average molecular weight is 428 g/mol. The molecule has 2 heterocycles. The Morgan fingerprint density at radius 3 is 2.57 bits per heavy atom. The van der Waals surface area contributed by atoms with Gasteiger partial charge in [-0.05, 0) is 31.5 Å². The van der Waals surface area contributed by atoms with E-state index in [1.807, 2.05) is 30.3 Å². The van der Waals surface area contributed by atoms with Crippen molar-refractivity contribution in [1.82, 2.24) is 0 Å². The van der Waals surface area contributed by atoms with Crippen LogP contribution in [0, 0.1) is 5.92 Å². The van der Waals surface area contributed by atoms with E-state index < -0.39 is 27.7 Å². The van der Waals surface area contributed by atoms with E-state index in [0.717, 1.165) is 0 Å². The average Bonchev–Trinajstić information content (AvgIpc) is 3.28. The highest BCUT2D eigenvalue weighted by Gasteiger charge is 2.34. The summed E-state index contributed by atoms with van der Waals surface area (Å²) in [6, 6.07) is 13.9. The molecule has 0 amide bonds. The maximum atomic E-state index is 12.7. The van der Waals surface area contributed by atoms with Crippen molar-refractivity contribution in [2.75, 3.05) is 18.1 Å². The summed E-state index contributed by atoms with van der Waals surface area (Å²) in [5.41, 5.74) is 1.41. The SMILES string of the molecule is CCOC(=O)c1c(-c2ccccc2)oc2ccc(OC(=O)[C@H]3CCS(=O)(=O)C3)cc12. The van der Waals surface area contributed by atoms with Gasteiger partial charge in [-0.15, -0.1) is 0 Å². The molecule has 0 unspecified atom stereocenters. The molecule has 1 saturated heterocycles. The molecular weight excluding hydrogens is 408 g/mol. The van der Waals surface area contributed by atoms with Gasteiger partial charge in [0.05, 0.1) is 24.0 Å². The Morgan fingerprint density at radius 2 is 1.90 bits per heavy atom. The van der Waals surface area contributed by atoms with Gasteiger partial charge in [0.2, 0.25) is 0 Å². The second-order valence-electron chi connectivity index (χ2n) is 7.07. The maximum Gasteiger partial charge on any atom is 0.342 e. The summed E-state index contributed by atoms with van der Waals surface area (Å²) in [6.45, 7) is 1.91. The van der Waals surface area contributed by atoms with Crippen LogP contribution in [0.1, 0.15) is 23.7 Å². The molecule has 0 aliphatic carbocycles. The summed E-state index contributed by atoms with van der Waals surface area (Å²) in [5.74, 6) is -1.45. The molecular formula is C22H20O7S. The van der Waals surface area contributed by atoms with E-state index in [0.29, 0.717) is 22.3 Å². The van der Waals surface area contributed by atoms with Gasteiger partial charge in [0.1, 0.15) is 22.7 Å². The Morgan fingerprint density at radius 1 is 1.13 bits per heavy atom. The van der Waals surface area contributed by atoms with Gasteiger partial charge in [-0.25, -0.2) is 13.2 Å². The monoisotopic (exact) mass is 428 g/mol. The van der Waals surface area contributed by atoms with Crippen molar-refractivity contribution in [2.45, 2.75) is 13.3 Å². The Hall–Kier alpha value is -3.13. The largest absolute Gasteiger partial charge is 0.462 e. The summed E-state index contributed by atoms with van der Waals surface area (Å²) < 4.78 is 39.8. The van der Waals surface area contributed by atoms with Gasteiger partial charge in [0, 0.05) is 10.9 Å². The number of furan rings is 1. The molecule has 0 saturated carbocycles. The third-order valence-corrected chi connectivity index (χ3v) is 6.73. The fraction of sp³-hybridized carbons (Fsp3) is 0.273. The van der Waals surface area contributed by atoms with Crippen LogP contribution in [0.25, 0.3) is 22.3 Å². The molecule has 156 valence electrons. The highest BCUT2D eigenvalue weighted by atomic mass is 32.2. The number of esters is 2. The van der Waals surface area contributed by atoms with Crippen molar-refractivity contribution in [2.24, 2.45) is 5.92 Å². The van der Waals surface area contributed by atoms with Crippen molar-refractivity contribution in [3.8, 4) is 17.1 Å². The zero-order chi connectivity index (χ0) is 21.3. The van der Waals surface area contributed by atoms with Gasteiger partial charge in [0.25, 0.3) is 0 Å². The smallest absolute Gasteiger partial charge is 0.342 e. The number of hydrogen-bond acceptors (Lipinski definition) is 7. The molecule has 0 N–H and O–H groups in total. The summed E-state index contributed by atoms with van der Waals surface area (Å²) in [6.07, 6.45) is 0.251.